The van der Waals surface area contributed by atoms with Crippen LogP contribution in [0.15, 0.2) is 30.9 Å². The Kier molecular flexibility index (Phi) is 6.43. The van der Waals surface area contributed by atoms with Gasteiger partial charge in [0.25, 0.3) is 0 Å². The number of likely N-dealkylation sites (N-methyl/N-ethyl adjacent to an activating group) is 1. The van der Waals surface area contributed by atoms with Crippen LogP contribution >= 0.6 is 0 Å². The molecule has 5 nitrogen and oxygen atoms in total. The predicted octanol–water partition coefficient (Wildman–Crippen LogP) is 2.00. The molecule has 0 fully saturated rings. The van der Waals surface area contributed by atoms with Crippen LogP contribution in [0.3, 0.4) is 0 Å². The molecule has 0 aromatic heterocycles. The molecular weight excluding hydrogens is 280 g/mol. The topological polar surface area (TPSA) is 64.8 Å². The maximum atomic E-state index is 12.6. The highest BCUT2D eigenvalue weighted by atomic mass is 16.5. The second-order valence-corrected chi connectivity index (χ2v) is 5.09. The fraction of sp³-hybridized carbons (Fsp3) is 0.471. The molecule has 0 spiro atoms. The zero-order valence-corrected chi connectivity index (χ0v) is 13.9. The molecule has 1 unspecified atom stereocenters. The molecule has 0 heterocycles. The fourth-order valence-corrected chi connectivity index (χ4v) is 2.37. The summed E-state index contributed by atoms with van der Waals surface area (Å²) in [6.07, 6.45) is 1.87. The third-order valence-corrected chi connectivity index (χ3v) is 3.76. The van der Waals surface area contributed by atoms with Gasteiger partial charge in [-0.15, -0.1) is 6.58 Å². The van der Waals surface area contributed by atoms with Crippen molar-refractivity contribution >= 4 is 5.91 Å². The van der Waals surface area contributed by atoms with E-state index in [-0.39, 0.29) is 5.91 Å². The average molecular weight is 306 g/mol. The predicted molar refractivity (Wildman–Crippen MR) is 88.3 cm³/mol. The van der Waals surface area contributed by atoms with Crippen molar-refractivity contribution in [2.45, 2.75) is 25.8 Å². The third kappa shape index (κ3) is 3.80. The molecule has 1 atom stereocenters. The standard InChI is InChI=1S/C17H26N2O3/c1-6-17(18,16(20)19(7-2)8-3)12-13-9-10-14(21-4)15(11-13)22-5/h6,9-11H,1,7-8,12,18H2,2-5H3. The van der Waals surface area contributed by atoms with Crippen molar-refractivity contribution in [2.24, 2.45) is 5.73 Å². The van der Waals surface area contributed by atoms with Crippen LogP contribution in [0.1, 0.15) is 19.4 Å². The SMILES string of the molecule is C=CC(N)(Cc1ccc(OC)c(OC)c1)C(=O)N(CC)CC. The summed E-state index contributed by atoms with van der Waals surface area (Å²) >= 11 is 0. The summed E-state index contributed by atoms with van der Waals surface area (Å²) in [4.78, 5) is 14.3. The molecule has 0 saturated carbocycles. The van der Waals surface area contributed by atoms with Crippen molar-refractivity contribution in [3.63, 3.8) is 0 Å². The van der Waals surface area contributed by atoms with Crippen LogP contribution in [-0.2, 0) is 11.2 Å². The Balaban J connectivity index is 3.07. The van der Waals surface area contributed by atoms with Gasteiger partial charge in [-0.1, -0.05) is 12.1 Å². The molecule has 0 aliphatic heterocycles. The molecular formula is C17H26N2O3. The zero-order chi connectivity index (χ0) is 16.8. The van der Waals surface area contributed by atoms with E-state index in [2.05, 4.69) is 6.58 Å². The van der Waals surface area contributed by atoms with Crippen molar-refractivity contribution in [3.05, 3.63) is 36.4 Å². The Labute approximate surface area is 132 Å². The number of nitrogens with zero attached hydrogens (tertiary/aromatic N) is 1. The Morgan fingerprint density at radius 1 is 1.27 bits per heavy atom. The molecule has 1 aromatic rings. The van der Waals surface area contributed by atoms with Gasteiger partial charge in [0.05, 0.1) is 14.2 Å². The molecule has 0 aliphatic rings. The van der Waals surface area contributed by atoms with Gasteiger partial charge in [-0.2, -0.15) is 0 Å². The third-order valence-electron chi connectivity index (χ3n) is 3.76. The van der Waals surface area contributed by atoms with E-state index < -0.39 is 5.54 Å². The largest absolute Gasteiger partial charge is 0.493 e. The van der Waals surface area contributed by atoms with Crippen molar-refractivity contribution in [1.82, 2.24) is 4.90 Å². The number of hydrogen-bond acceptors (Lipinski definition) is 4. The maximum absolute atomic E-state index is 12.6. The summed E-state index contributed by atoms with van der Waals surface area (Å²) in [6.45, 7) is 8.85. The zero-order valence-electron chi connectivity index (χ0n) is 13.9. The summed E-state index contributed by atoms with van der Waals surface area (Å²) in [5.74, 6) is 1.13. The van der Waals surface area contributed by atoms with E-state index in [0.717, 1.165) is 5.56 Å². The van der Waals surface area contributed by atoms with E-state index in [1.807, 2.05) is 26.0 Å². The molecule has 0 aliphatic carbocycles. The number of nitrogens with two attached hydrogens (primary N) is 1. The molecule has 0 bridgehead atoms. The van der Waals surface area contributed by atoms with Gasteiger partial charge in [0.2, 0.25) is 5.91 Å². The van der Waals surface area contributed by atoms with Crippen molar-refractivity contribution in [2.75, 3.05) is 27.3 Å². The minimum atomic E-state index is -1.13. The first-order chi connectivity index (χ1) is 10.4. The van der Waals surface area contributed by atoms with Crippen LogP contribution in [0, 0.1) is 0 Å². The number of carbonyl (C=O) groups excluding carboxylic acids is 1. The number of methoxy groups -OCH3 is 2. The highest BCUT2D eigenvalue weighted by Gasteiger charge is 2.34. The van der Waals surface area contributed by atoms with Crippen LogP contribution < -0.4 is 15.2 Å². The quantitative estimate of drug-likeness (QED) is 0.746. The monoisotopic (exact) mass is 306 g/mol. The molecule has 122 valence electrons. The molecule has 1 rings (SSSR count). The highest BCUT2D eigenvalue weighted by Crippen LogP contribution is 2.29. The molecule has 5 heteroatoms. The van der Waals surface area contributed by atoms with Gasteiger partial charge < -0.3 is 20.1 Å². The van der Waals surface area contributed by atoms with Crippen LogP contribution in [0.2, 0.25) is 0 Å². The molecule has 1 amide bonds. The highest BCUT2D eigenvalue weighted by molar-refractivity contribution is 5.88. The average Bonchev–Trinajstić information content (AvgIpc) is 2.55. The first-order valence-corrected chi connectivity index (χ1v) is 7.38. The summed E-state index contributed by atoms with van der Waals surface area (Å²) in [7, 11) is 3.16. The number of benzene rings is 1. The number of amides is 1. The number of ether oxygens (including phenoxy) is 2. The minimum absolute atomic E-state index is 0.123. The first kappa shape index (κ1) is 18.0. The molecule has 1 aromatic carbocycles. The minimum Gasteiger partial charge on any atom is -0.493 e. The lowest BCUT2D eigenvalue weighted by atomic mass is 9.90. The van der Waals surface area contributed by atoms with Gasteiger partial charge in [0.15, 0.2) is 11.5 Å². The summed E-state index contributed by atoms with van der Waals surface area (Å²) in [5.41, 5.74) is 6.06. The van der Waals surface area contributed by atoms with Gasteiger partial charge >= 0.3 is 0 Å². The Morgan fingerprint density at radius 2 is 1.86 bits per heavy atom. The van der Waals surface area contributed by atoms with Crippen LogP contribution in [0.5, 0.6) is 11.5 Å². The van der Waals surface area contributed by atoms with E-state index in [1.165, 1.54) is 6.08 Å². The first-order valence-electron chi connectivity index (χ1n) is 7.38. The number of hydrogen-bond donors (Lipinski definition) is 1. The normalized spacial score (nSPS) is 13.1. The van der Waals surface area contributed by atoms with E-state index in [1.54, 1.807) is 25.2 Å². The van der Waals surface area contributed by atoms with Gasteiger partial charge in [-0.3, -0.25) is 4.79 Å². The summed E-state index contributed by atoms with van der Waals surface area (Å²) < 4.78 is 10.5. The summed E-state index contributed by atoms with van der Waals surface area (Å²) in [6, 6.07) is 5.51. The maximum Gasteiger partial charge on any atom is 0.246 e. The van der Waals surface area contributed by atoms with Crippen molar-refractivity contribution < 1.29 is 14.3 Å². The van der Waals surface area contributed by atoms with Gasteiger partial charge in [-0.25, -0.2) is 0 Å². The number of carbonyl (C=O) groups is 1. The molecule has 2 N–H and O–H groups in total. The molecule has 0 saturated heterocycles. The van der Waals surface area contributed by atoms with E-state index in [9.17, 15) is 4.79 Å². The van der Waals surface area contributed by atoms with Crippen LogP contribution in [0.4, 0.5) is 0 Å². The van der Waals surface area contributed by atoms with Crippen LogP contribution in [-0.4, -0.2) is 43.7 Å². The van der Waals surface area contributed by atoms with E-state index in [0.29, 0.717) is 31.0 Å². The Hall–Kier alpha value is -2.01. The smallest absolute Gasteiger partial charge is 0.246 e. The molecule has 22 heavy (non-hydrogen) atoms. The lowest BCUT2D eigenvalue weighted by molar-refractivity contribution is -0.134. The Morgan fingerprint density at radius 3 is 2.32 bits per heavy atom. The van der Waals surface area contributed by atoms with E-state index >= 15 is 0 Å². The van der Waals surface area contributed by atoms with Crippen molar-refractivity contribution in [3.8, 4) is 11.5 Å². The molecule has 0 radical (unpaired) electrons. The fourth-order valence-electron chi connectivity index (χ4n) is 2.37. The van der Waals surface area contributed by atoms with Gasteiger partial charge in [0.1, 0.15) is 5.54 Å². The summed E-state index contributed by atoms with van der Waals surface area (Å²) in [5, 5.41) is 0. The lowest BCUT2D eigenvalue weighted by Gasteiger charge is -2.31. The number of rotatable bonds is 8. The second kappa shape index (κ2) is 7.84. The van der Waals surface area contributed by atoms with Gasteiger partial charge in [-0.05, 0) is 31.5 Å². The van der Waals surface area contributed by atoms with Crippen molar-refractivity contribution in [1.29, 1.82) is 0 Å². The van der Waals surface area contributed by atoms with E-state index in [4.69, 9.17) is 15.2 Å². The second-order valence-electron chi connectivity index (χ2n) is 5.09. The Bertz CT molecular complexity index is 527. The van der Waals surface area contributed by atoms with Gasteiger partial charge in [0, 0.05) is 19.5 Å². The van der Waals surface area contributed by atoms with Crippen LogP contribution in [0.25, 0.3) is 0 Å². The lowest BCUT2D eigenvalue weighted by Crippen LogP contribution is -2.55.